The molecule has 2 aromatic heterocycles. The fourth-order valence-corrected chi connectivity index (χ4v) is 1.50. The first-order valence-corrected chi connectivity index (χ1v) is 5.52. The first-order chi connectivity index (χ1) is 8.25. The largest absolute Gasteiger partial charge is 0.468 e. The third kappa shape index (κ3) is 3.29. The van der Waals surface area contributed by atoms with Crippen molar-refractivity contribution >= 4 is 0 Å². The van der Waals surface area contributed by atoms with Crippen LogP contribution in [-0.2, 0) is 13.1 Å². The highest BCUT2D eigenvalue weighted by molar-refractivity contribution is 5.02. The molecule has 0 unspecified atom stereocenters. The molecule has 17 heavy (non-hydrogen) atoms. The number of hydrogen-bond donors (Lipinski definition) is 1. The Labute approximate surface area is 99.1 Å². The number of hydrogen-bond acceptors (Lipinski definition) is 4. The van der Waals surface area contributed by atoms with E-state index in [9.17, 15) is 4.79 Å². The molecule has 1 N–H and O–H groups in total. The summed E-state index contributed by atoms with van der Waals surface area (Å²) in [6.45, 7) is 3.75. The molecule has 0 spiro atoms. The van der Waals surface area contributed by atoms with Gasteiger partial charge in [-0.05, 0) is 24.6 Å². The maximum Gasteiger partial charge on any atom is 0.267 e. The molecule has 0 radical (unpaired) electrons. The van der Waals surface area contributed by atoms with Gasteiger partial charge in [0.15, 0.2) is 0 Å². The van der Waals surface area contributed by atoms with Gasteiger partial charge in [0, 0.05) is 12.6 Å². The van der Waals surface area contributed by atoms with Gasteiger partial charge in [0.1, 0.15) is 5.76 Å². The van der Waals surface area contributed by atoms with Gasteiger partial charge in [0.2, 0.25) is 0 Å². The van der Waals surface area contributed by atoms with Gasteiger partial charge in [0.05, 0.1) is 25.5 Å². The minimum atomic E-state index is -0.0650. The Morgan fingerprint density at radius 2 is 2.41 bits per heavy atom. The van der Waals surface area contributed by atoms with Crippen LogP contribution in [0.15, 0.2) is 39.9 Å². The Hall–Kier alpha value is -1.88. The Kier molecular flexibility index (Phi) is 3.72. The Balaban J connectivity index is 1.80. The van der Waals surface area contributed by atoms with Crippen molar-refractivity contribution in [3.63, 3.8) is 0 Å². The average Bonchev–Trinajstić information content (AvgIpc) is 2.79. The number of rotatable bonds is 5. The first-order valence-electron chi connectivity index (χ1n) is 5.52. The van der Waals surface area contributed by atoms with E-state index in [4.69, 9.17) is 4.42 Å². The lowest BCUT2D eigenvalue weighted by atomic mass is 10.3. The fraction of sp³-hybridized carbons (Fsp3) is 0.333. The van der Waals surface area contributed by atoms with E-state index in [1.807, 2.05) is 19.1 Å². The molecule has 0 bridgehead atoms. The third-order valence-corrected chi connectivity index (χ3v) is 2.39. The summed E-state index contributed by atoms with van der Waals surface area (Å²) in [6.07, 6.45) is 3.33. The minimum absolute atomic E-state index is 0.0650. The van der Waals surface area contributed by atoms with E-state index < -0.39 is 0 Å². The van der Waals surface area contributed by atoms with Gasteiger partial charge < -0.3 is 9.73 Å². The van der Waals surface area contributed by atoms with Crippen LogP contribution in [0.4, 0.5) is 0 Å². The van der Waals surface area contributed by atoms with Gasteiger partial charge >= 0.3 is 0 Å². The summed E-state index contributed by atoms with van der Waals surface area (Å²) >= 11 is 0. The molecule has 5 heteroatoms. The molecule has 0 saturated heterocycles. The highest BCUT2D eigenvalue weighted by atomic mass is 16.3. The van der Waals surface area contributed by atoms with E-state index in [-0.39, 0.29) is 5.56 Å². The highest BCUT2D eigenvalue weighted by Gasteiger charge is 1.98. The summed E-state index contributed by atoms with van der Waals surface area (Å²) in [5.41, 5.74) is 0.819. The molecule has 0 aliphatic rings. The van der Waals surface area contributed by atoms with Crippen molar-refractivity contribution in [1.29, 1.82) is 0 Å². The third-order valence-electron chi connectivity index (χ3n) is 2.39. The summed E-state index contributed by atoms with van der Waals surface area (Å²) in [4.78, 5) is 11.5. The zero-order valence-electron chi connectivity index (χ0n) is 9.72. The zero-order valence-corrected chi connectivity index (χ0v) is 9.72. The molecule has 0 atom stereocenters. The maximum atomic E-state index is 11.5. The molecular weight excluding hydrogens is 218 g/mol. The van der Waals surface area contributed by atoms with E-state index in [0.717, 1.165) is 11.3 Å². The summed E-state index contributed by atoms with van der Waals surface area (Å²) in [6, 6.07) is 5.34. The molecule has 0 aliphatic carbocycles. The molecule has 0 aliphatic heterocycles. The zero-order chi connectivity index (χ0) is 12.1. The van der Waals surface area contributed by atoms with Crippen molar-refractivity contribution in [3.05, 3.63) is 52.3 Å². The van der Waals surface area contributed by atoms with Gasteiger partial charge in [-0.3, -0.25) is 4.79 Å². The second-order valence-corrected chi connectivity index (χ2v) is 3.85. The van der Waals surface area contributed by atoms with E-state index in [1.165, 1.54) is 4.68 Å². The lowest BCUT2D eigenvalue weighted by molar-refractivity contribution is 0.465. The number of nitrogens with one attached hydrogen (secondary N) is 1. The highest BCUT2D eigenvalue weighted by Crippen LogP contribution is 1.97. The van der Waals surface area contributed by atoms with Crippen LogP contribution in [-0.4, -0.2) is 16.3 Å². The predicted molar refractivity (Wildman–Crippen MR) is 63.6 cm³/mol. The van der Waals surface area contributed by atoms with Crippen LogP contribution in [0.3, 0.4) is 0 Å². The quantitative estimate of drug-likeness (QED) is 0.781. The van der Waals surface area contributed by atoms with Crippen molar-refractivity contribution in [3.8, 4) is 0 Å². The van der Waals surface area contributed by atoms with Crippen LogP contribution in [0.5, 0.6) is 0 Å². The molecule has 0 amide bonds. The van der Waals surface area contributed by atoms with Crippen LogP contribution in [0.1, 0.15) is 11.3 Å². The summed E-state index contributed by atoms with van der Waals surface area (Å²) in [5, 5.41) is 7.24. The molecule has 5 nitrogen and oxygen atoms in total. The predicted octanol–water partition coefficient (Wildman–Crippen LogP) is 0.935. The van der Waals surface area contributed by atoms with Crippen molar-refractivity contribution in [2.24, 2.45) is 0 Å². The summed E-state index contributed by atoms with van der Waals surface area (Å²) < 4.78 is 6.63. The van der Waals surface area contributed by atoms with Crippen LogP contribution < -0.4 is 10.9 Å². The van der Waals surface area contributed by atoms with Crippen molar-refractivity contribution in [2.45, 2.75) is 20.0 Å². The Morgan fingerprint density at radius 1 is 1.53 bits per heavy atom. The smallest absolute Gasteiger partial charge is 0.267 e. The number of nitrogens with zero attached hydrogens (tertiary/aromatic N) is 2. The molecule has 2 rings (SSSR count). The van der Waals surface area contributed by atoms with Gasteiger partial charge in [-0.2, -0.15) is 5.10 Å². The van der Waals surface area contributed by atoms with Crippen LogP contribution in [0.2, 0.25) is 0 Å². The molecule has 90 valence electrons. The lowest BCUT2D eigenvalue weighted by Gasteiger charge is -2.05. The van der Waals surface area contributed by atoms with Gasteiger partial charge in [0.25, 0.3) is 5.56 Å². The maximum absolute atomic E-state index is 11.5. The second kappa shape index (κ2) is 5.45. The fourth-order valence-electron chi connectivity index (χ4n) is 1.50. The van der Waals surface area contributed by atoms with Gasteiger partial charge in [-0.25, -0.2) is 4.68 Å². The monoisotopic (exact) mass is 233 g/mol. The van der Waals surface area contributed by atoms with E-state index in [2.05, 4.69) is 10.4 Å². The van der Waals surface area contributed by atoms with Crippen molar-refractivity contribution in [1.82, 2.24) is 15.1 Å². The van der Waals surface area contributed by atoms with E-state index in [1.54, 1.807) is 18.5 Å². The Morgan fingerprint density at radius 3 is 3.12 bits per heavy atom. The first kappa shape index (κ1) is 11.6. The van der Waals surface area contributed by atoms with Gasteiger partial charge in [-0.1, -0.05) is 0 Å². The number of aromatic nitrogens is 2. The Bertz CT molecular complexity index is 517. The summed E-state index contributed by atoms with van der Waals surface area (Å²) in [7, 11) is 0. The molecule has 2 heterocycles. The molecular formula is C12H15N3O2. The van der Waals surface area contributed by atoms with Crippen molar-refractivity contribution < 1.29 is 4.42 Å². The number of furan rings is 1. The number of aryl methyl sites for hydroxylation is 1. The van der Waals surface area contributed by atoms with Crippen molar-refractivity contribution in [2.75, 3.05) is 6.54 Å². The van der Waals surface area contributed by atoms with Crippen LogP contribution in [0.25, 0.3) is 0 Å². The minimum Gasteiger partial charge on any atom is -0.468 e. The summed E-state index contributed by atoms with van der Waals surface area (Å²) in [5.74, 6) is 0.884. The SMILES string of the molecule is Cc1cnn(CCNCc2ccco2)c(=O)c1. The normalized spacial score (nSPS) is 10.6. The average molecular weight is 233 g/mol. The van der Waals surface area contributed by atoms with E-state index in [0.29, 0.717) is 19.6 Å². The molecule has 0 fully saturated rings. The molecule has 0 aromatic carbocycles. The second-order valence-electron chi connectivity index (χ2n) is 3.85. The molecule has 2 aromatic rings. The topological polar surface area (TPSA) is 60.1 Å². The molecule has 0 saturated carbocycles. The van der Waals surface area contributed by atoms with Gasteiger partial charge in [-0.15, -0.1) is 0 Å². The lowest BCUT2D eigenvalue weighted by Crippen LogP contribution is -2.28. The van der Waals surface area contributed by atoms with Crippen LogP contribution >= 0.6 is 0 Å². The van der Waals surface area contributed by atoms with Crippen LogP contribution in [0, 0.1) is 6.92 Å². The standard InChI is InChI=1S/C12H15N3O2/c1-10-7-12(16)15(14-8-10)5-4-13-9-11-3-2-6-17-11/h2-3,6-8,13H,4-5,9H2,1H3. The van der Waals surface area contributed by atoms with E-state index >= 15 is 0 Å².